The van der Waals surface area contributed by atoms with Crippen LogP contribution in [0.4, 0.5) is 5.69 Å². The van der Waals surface area contributed by atoms with Gasteiger partial charge in [-0.3, -0.25) is 4.79 Å². The van der Waals surface area contributed by atoms with E-state index < -0.39 is 0 Å². The van der Waals surface area contributed by atoms with Crippen LogP contribution in [0, 0.1) is 0 Å². The molecule has 0 bridgehead atoms. The quantitative estimate of drug-likeness (QED) is 0.895. The largest absolute Gasteiger partial charge is 0.321 e. The molecule has 0 saturated carbocycles. The van der Waals surface area contributed by atoms with Crippen molar-refractivity contribution in [1.29, 1.82) is 0 Å². The molecule has 0 saturated heterocycles. The van der Waals surface area contributed by atoms with Gasteiger partial charge in [-0.05, 0) is 30.7 Å². The fourth-order valence-electron chi connectivity index (χ4n) is 2.97. The fraction of sp³-hybridized carbons (Fsp3) is 0.278. The zero-order chi connectivity index (χ0) is 15.5. The Morgan fingerprint density at radius 1 is 1.18 bits per heavy atom. The molecule has 3 rings (SSSR count). The van der Waals surface area contributed by atoms with E-state index in [2.05, 4.69) is 29.6 Å². The maximum Gasteiger partial charge on any atom is 0.282 e. The Kier molecular flexibility index (Phi) is 4.46. The molecule has 1 heterocycles. The third-order valence-corrected chi connectivity index (χ3v) is 4.58. The van der Waals surface area contributed by atoms with Crippen molar-refractivity contribution in [2.24, 2.45) is 0 Å². The van der Waals surface area contributed by atoms with Gasteiger partial charge >= 0.3 is 0 Å². The lowest BCUT2D eigenvalue weighted by atomic mass is 9.99. The number of fused-ring (bicyclic) bond motifs is 1. The van der Waals surface area contributed by atoms with Gasteiger partial charge in [-0.25, -0.2) is 0 Å². The molecule has 2 N–H and O–H groups in total. The van der Waals surface area contributed by atoms with E-state index in [9.17, 15) is 4.79 Å². The van der Waals surface area contributed by atoms with Crippen LogP contribution in [0.15, 0.2) is 48.5 Å². The lowest BCUT2D eigenvalue weighted by Crippen LogP contribution is -3.16. The molecule has 0 fully saturated rings. The molecule has 114 valence electrons. The number of carbonyl (C=O) groups excluding carboxylic acids is 1. The number of carbonyl (C=O) groups is 1. The number of quaternary nitrogens is 1. The van der Waals surface area contributed by atoms with Crippen LogP contribution in [0.5, 0.6) is 0 Å². The van der Waals surface area contributed by atoms with Gasteiger partial charge in [-0.15, -0.1) is 0 Å². The van der Waals surface area contributed by atoms with Crippen LogP contribution in [0.25, 0.3) is 0 Å². The van der Waals surface area contributed by atoms with Crippen molar-refractivity contribution in [1.82, 2.24) is 0 Å². The summed E-state index contributed by atoms with van der Waals surface area (Å²) in [4.78, 5) is 13.8. The maximum atomic E-state index is 12.5. The number of halogens is 1. The first kappa shape index (κ1) is 15.1. The van der Waals surface area contributed by atoms with Gasteiger partial charge in [0.25, 0.3) is 5.91 Å². The molecule has 1 aliphatic heterocycles. The highest BCUT2D eigenvalue weighted by Crippen LogP contribution is 2.15. The Balaban J connectivity index is 1.67. The van der Waals surface area contributed by atoms with Crippen molar-refractivity contribution in [2.45, 2.75) is 25.9 Å². The normalized spacial score (nSPS) is 18.4. The summed E-state index contributed by atoms with van der Waals surface area (Å²) in [5.74, 6) is 0.0386. The molecule has 2 atom stereocenters. The third kappa shape index (κ3) is 3.32. The van der Waals surface area contributed by atoms with E-state index in [0.717, 1.165) is 25.2 Å². The molecule has 1 unspecified atom stereocenters. The van der Waals surface area contributed by atoms with Gasteiger partial charge < -0.3 is 10.2 Å². The maximum absolute atomic E-state index is 12.5. The SMILES string of the molecule is C[C@H](C(=O)Nc1cccc(Cl)c1)[NH+]1CCc2ccccc2C1. The topological polar surface area (TPSA) is 33.5 Å². The number of nitrogens with one attached hydrogen (secondary N) is 2. The molecule has 0 aromatic heterocycles. The van der Waals surface area contributed by atoms with Gasteiger partial charge in [0.1, 0.15) is 6.54 Å². The number of hydrogen-bond donors (Lipinski definition) is 2. The molecule has 0 radical (unpaired) electrons. The number of hydrogen-bond acceptors (Lipinski definition) is 1. The molecule has 1 amide bonds. The van der Waals surface area contributed by atoms with Crippen molar-refractivity contribution in [3.05, 3.63) is 64.7 Å². The predicted octanol–water partition coefficient (Wildman–Crippen LogP) is 2.31. The molecular weight excluding hydrogens is 296 g/mol. The van der Waals surface area contributed by atoms with Crippen LogP contribution in [0.2, 0.25) is 5.02 Å². The van der Waals surface area contributed by atoms with Crippen LogP contribution in [0.3, 0.4) is 0 Å². The van der Waals surface area contributed by atoms with Crippen LogP contribution >= 0.6 is 11.6 Å². The van der Waals surface area contributed by atoms with E-state index in [1.54, 1.807) is 12.1 Å². The summed E-state index contributed by atoms with van der Waals surface area (Å²) in [5, 5.41) is 3.59. The molecule has 22 heavy (non-hydrogen) atoms. The molecule has 2 aromatic rings. The Morgan fingerprint density at radius 2 is 1.95 bits per heavy atom. The average molecular weight is 316 g/mol. The summed E-state index contributed by atoms with van der Waals surface area (Å²) in [7, 11) is 0. The molecule has 1 aliphatic rings. The highest BCUT2D eigenvalue weighted by Gasteiger charge is 2.28. The predicted molar refractivity (Wildman–Crippen MR) is 89.2 cm³/mol. The van der Waals surface area contributed by atoms with Gasteiger partial charge in [0.2, 0.25) is 0 Å². The van der Waals surface area contributed by atoms with Crippen molar-refractivity contribution in [2.75, 3.05) is 11.9 Å². The molecule has 3 nitrogen and oxygen atoms in total. The second kappa shape index (κ2) is 6.51. The summed E-state index contributed by atoms with van der Waals surface area (Å²) in [6.07, 6.45) is 1.03. The highest BCUT2D eigenvalue weighted by atomic mass is 35.5. The number of benzene rings is 2. The van der Waals surface area contributed by atoms with Crippen molar-refractivity contribution in [3.63, 3.8) is 0 Å². The molecule has 4 heteroatoms. The van der Waals surface area contributed by atoms with Gasteiger partial charge in [0, 0.05) is 22.7 Å². The summed E-state index contributed by atoms with van der Waals surface area (Å²) < 4.78 is 0. The van der Waals surface area contributed by atoms with Crippen molar-refractivity contribution < 1.29 is 9.69 Å². The molecule has 2 aromatic carbocycles. The van der Waals surface area contributed by atoms with Gasteiger partial charge in [0.15, 0.2) is 6.04 Å². The summed E-state index contributed by atoms with van der Waals surface area (Å²) in [6.45, 7) is 3.88. The van der Waals surface area contributed by atoms with E-state index in [1.165, 1.54) is 16.0 Å². The van der Waals surface area contributed by atoms with Gasteiger partial charge in [0.05, 0.1) is 6.54 Å². The lowest BCUT2D eigenvalue weighted by Gasteiger charge is -2.30. The fourth-order valence-corrected chi connectivity index (χ4v) is 3.16. The van der Waals surface area contributed by atoms with Crippen LogP contribution in [-0.2, 0) is 17.8 Å². The van der Waals surface area contributed by atoms with Crippen LogP contribution in [-0.4, -0.2) is 18.5 Å². The van der Waals surface area contributed by atoms with E-state index in [4.69, 9.17) is 11.6 Å². The van der Waals surface area contributed by atoms with E-state index >= 15 is 0 Å². The van der Waals surface area contributed by atoms with E-state index in [0.29, 0.717) is 5.02 Å². The Morgan fingerprint density at radius 3 is 2.73 bits per heavy atom. The molecule has 0 aliphatic carbocycles. The second-order valence-corrected chi connectivity index (χ2v) is 6.26. The Labute approximate surface area is 135 Å². The number of anilines is 1. The van der Waals surface area contributed by atoms with E-state index in [-0.39, 0.29) is 11.9 Å². The van der Waals surface area contributed by atoms with Gasteiger partial charge in [-0.2, -0.15) is 0 Å². The smallest absolute Gasteiger partial charge is 0.282 e. The molecular formula is C18H20ClN2O+. The standard InChI is InChI=1S/C18H19ClN2O/c1-13(18(22)20-17-8-4-7-16(19)11-17)21-10-9-14-5-2-3-6-15(14)12-21/h2-8,11,13H,9-10,12H2,1H3,(H,20,22)/p+1/t13-/m1/s1. The Bertz CT molecular complexity index is 686. The summed E-state index contributed by atoms with van der Waals surface area (Å²) in [6, 6.07) is 15.7. The van der Waals surface area contributed by atoms with Gasteiger partial charge in [-0.1, -0.05) is 41.9 Å². The van der Waals surface area contributed by atoms with Crippen molar-refractivity contribution in [3.8, 4) is 0 Å². The monoisotopic (exact) mass is 315 g/mol. The Hall–Kier alpha value is -1.84. The average Bonchev–Trinajstić information content (AvgIpc) is 2.53. The first-order valence-corrected chi connectivity index (χ1v) is 7.99. The first-order valence-electron chi connectivity index (χ1n) is 7.61. The minimum atomic E-state index is -0.0904. The highest BCUT2D eigenvalue weighted by molar-refractivity contribution is 6.30. The van der Waals surface area contributed by atoms with Crippen LogP contribution < -0.4 is 10.2 Å². The third-order valence-electron chi connectivity index (χ3n) is 4.35. The molecule has 0 spiro atoms. The first-order chi connectivity index (χ1) is 10.6. The minimum Gasteiger partial charge on any atom is -0.321 e. The lowest BCUT2D eigenvalue weighted by molar-refractivity contribution is -0.929. The van der Waals surface area contributed by atoms with Crippen LogP contribution in [0.1, 0.15) is 18.1 Å². The number of rotatable bonds is 3. The number of amides is 1. The zero-order valence-corrected chi connectivity index (χ0v) is 13.4. The summed E-state index contributed by atoms with van der Waals surface area (Å²) >= 11 is 5.96. The zero-order valence-electron chi connectivity index (χ0n) is 12.6. The second-order valence-electron chi connectivity index (χ2n) is 5.83. The summed E-state index contributed by atoms with van der Waals surface area (Å²) in [5.41, 5.74) is 3.51. The van der Waals surface area contributed by atoms with E-state index in [1.807, 2.05) is 19.1 Å². The minimum absolute atomic E-state index is 0.0386. The van der Waals surface area contributed by atoms with Crippen molar-refractivity contribution >= 4 is 23.2 Å².